The van der Waals surface area contributed by atoms with Crippen LogP contribution in [0.25, 0.3) is 0 Å². The molecule has 0 radical (unpaired) electrons. The van der Waals surface area contributed by atoms with Gasteiger partial charge in [0.1, 0.15) is 11.9 Å². The lowest BCUT2D eigenvalue weighted by atomic mass is 9.45. The number of benzene rings is 1. The van der Waals surface area contributed by atoms with E-state index >= 15 is 0 Å². The van der Waals surface area contributed by atoms with Crippen LogP contribution in [-0.4, -0.2) is 17.9 Å². The van der Waals surface area contributed by atoms with E-state index in [1.807, 2.05) is 30.3 Å². The molecule has 1 aromatic carbocycles. The standard InChI is InChI=1S/C26H34O3/c1-25-14-12-19(27)16-18(25)8-9-20-21-10-11-23(26(21,2)15-13-22(20)25)29-24(28)17-6-4-3-5-7-17/h3-7,18,20-23H,8-16H2,1-2H3/t18-,20-,21+,22+,23-,25-,26-/m0/s1. The van der Waals surface area contributed by atoms with Crippen molar-refractivity contribution in [3.05, 3.63) is 35.9 Å². The second-order valence-corrected chi connectivity index (χ2v) is 10.8. The fourth-order valence-corrected chi connectivity index (χ4v) is 7.96. The maximum Gasteiger partial charge on any atom is 0.338 e. The number of ketones is 1. The number of carbonyl (C=O) groups excluding carboxylic acids is 2. The van der Waals surface area contributed by atoms with Crippen molar-refractivity contribution in [1.29, 1.82) is 0 Å². The number of fused-ring (bicyclic) bond motifs is 5. The van der Waals surface area contributed by atoms with E-state index in [1.165, 1.54) is 25.7 Å². The van der Waals surface area contributed by atoms with Crippen molar-refractivity contribution < 1.29 is 14.3 Å². The first-order chi connectivity index (χ1) is 13.9. The molecule has 0 bridgehead atoms. The molecule has 4 aliphatic carbocycles. The molecule has 4 saturated carbocycles. The van der Waals surface area contributed by atoms with E-state index in [4.69, 9.17) is 4.74 Å². The monoisotopic (exact) mass is 394 g/mol. The average Bonchev–Trinajstić information content (AvgIpc) is 3.05. The molecule has 0 heterocycles. The molecular formula is C26H34O3. The lowest BCUT2D eigenvalue weighted by molar-refractivity contribution is -0.142. The summed E-state index contributed by atoms with van der Waals surface area (Å²) in [4.78, 5) is 24.8. The highest BCUT2D eigenvalue weighted by atomic mass is 16.5. The van der Waals surface area contributed by atoms with Crippen molar-refractivity contribution in [2.75, 3.05) is 0 Å². The predicted octanol–water partition coefficient (Wildman–Crippen LogP) is 5.82. The third kappa shape index (κ3) is 2.99. The summed E-state index contributed by atoms with van der Waals surface area (Å²) in [6.45, 7) is 4.88. The highest BCUT2D eigenvalue weighted by molar-refractivity contribution is 5.89. The van der Waals surface area contributed by atoms with Crippen molar-refractivity contribution in [3.8, 4) is 0 Å². The number of esters is 1. The maximum atomic E-state index is 12.7. The molecule has 0 N–H and O–H groups in total. The van der Waals surface area contributed by atoms with Gasteiger partial charge < -0.3 is 4.74 Å². The van der Waals surface area contributed by atoms with Crippen LogP contribution in [0.4, 0.5) is 0 Å². The second-order valence-electron chi connectivity index (χ2n) is 10.8. The second kappa shape index (κ2) is 6.96. The average molecular weight is 395 g/mol. The third-order valence-electron chi connectivity index (χ3n) is 9.65. The molecule has 0 spiro atoms. The molecule has 4 fully saturated rings. The summed E-state index contributed by atoms with van der Waals surface area (Å²) in [6.07, 6.45) is 9.79. The Labute approximate surface area is 174 Å². The molecule has 0 saturated heterocycles. The Kier molecular flexibility index (Phi) is 4.64. The first kappa shape index (κ1) is 19.3. The normalized spacial score (nSPS) is 43.8. The number of hydrogen-bond acceptors (Lipinski definition) is 3. The van der Waals surface area contributed by atoms with Crippen LogP contribution in [-0.2, 0) is 9.53 Å². The van der Waals surface area contributed by atoms with Crippen molar-refractivity contribution in [2.24, 2.45) is 34.5 Å². The first-order valence-electron chi connectivity index (χ1n) is 11.7. The molecule has 5 rings (SSSR count). The molecule has 29 heavy (non-hydrogen) atoms. The molecule has 0 aromatic heterocycles. The van der Waals surface area contributed by atoms with Gasteiger partial charge in [-0.15, -0.1) is 0 Å². The van der Waals surface area contributed by atoms with Crippen molar-refractivity contribution in [2.45, 2.75) is 77.7 Å². The SMILES string of the molecule is C[C@]12CCC(=O)C[C@@H]1CC[C@@H]1[C@H]2CC[C@]2(C)[C@@H](OC(=O)c3ccccc3)CC[C@H]12. The van der Waals surface area contributed by atoms with E-state index in [0.717, 1.165) is 43.9 Å². The summed E-state index contributed by atoms with van der Waals surface area (Å²) in [5.74, 6) is 3.06. The van der Waals surface area contributed by atoms with Gasteiger partial charge in [-0.25, -0.2) is 4.79 Å². The van der Waals surface area contributed by atoms with Crippen molar-refractivity contribution >= 4 is 11.8 Å². The topological polar surface area (TPSA) is 43.4 Å². The summed E-state index contributed by atoms with van der Waals surface area (Å²) >= 11 is 0. The van der Waals surface area contributed by atoms with Gasteiger partial charge in [0.05, 0.1) is 5.56 Å². The van der Waals surface area contributed by atoms with Gasteiger partial charge in [0.2, 0.25) is 0 Å². The zero-order chi connectivity index (χ0) is 20.2. The number of hydrogen-bond donors (Lipinski definition) is 0. The Morgan fingerprint density at radius 1 is 0.931 bits per heavy atom. The molecular weight excluding hydrogens is 360 g/mol. The van der Waals surface area contributed by atoms with Gasteiger partial charge in [0.25, 0.3) is 0 Å². The van der Waals surface area contributed by atoms with Gasteiger partial charge in [-0.2, -0.15) is 0 Å². The van der Waals surface area contributed by atoms with Gasteiger partial charge in [-0.1, -0.05) is 32.0 Å². The summed E-state index contributed by atoms with van der Waals surface area (Å²) in [5, 5.41) is 0. The zero-order valence-corrected chi connectivity index (χ0v) is 17.9. The molecule has 3 heteroatoms. The molecule has 1 aromatic rings. The lowest BCUT2D eigenvalue weighted by Crippen LogP contribution is -2.54. The lowest BCUT2D eigenvalue weighted by Gasteiger charge is -2.60. The van der Waals surface area contributed by atoms with Gasteiger partial charge in [0, 0.05) is 18.3 Å². The van der Waals surface area contributed by atoms with E-state index in [9.17, 15) is 9.59 Å². The Morgan fingerprint density at radius 2 is 1.69 bits per heavy atom. The first-order valence-corrected chi connectivity index (χ1v) is 11.7. The van der Waals surface area contributed by atoms with Crippen LogP contribution in [0.5, 0.6) is 0 Å². The van der Waals surface area contributed by atoms with Gasteiger partial charge in [0.15, 0.2) is 0 Å². The van der Waals surface area contributed by atoms with E-state index in [-0.39, 0.29) is 17.5 Å². The van der Waals surface area contributed by atoms with E-state index in [2.05, 4.69) is 13.8 Å². The van der Waals surface area contributed by atoms with Crippen LogP contribution in [0.15, 0.2) is 30.3 Å². The fraction of sp³-hybridized carbons (Fsp3) is 0.692. The molecule has 0 aliphatic heterocycles. The van der Waals surface area contributed by atoms with Gasteiger partial charge in [-0.05, 0) is 86.2 Å². The minimum Gasteiger partial charge on any atom is -0.458 e. The van der Waals surface area contributed by atoms with Crippen molar-refractivity contribution in [1.82, 2.24) is 0 Å². The number of ether oxygens (including phenoxy) is 1. The largest absolute Gasteiger partial charge is 0.458 e. The summed E-state index contributed by atoms with van der Waals surface area (Å²) in [6, 6.07) is 9.42. The Bertz CT molecular complexity index is 801. The predicted molar refractivity (Wildman–Crippen MR) is 112 cm³/mol. The Balaban J connectivity index is 1.34. The molecule has 3 nitrogen and oxygen atoms in total. The quantitative estimate of drug-likeness (QED) is 0.593. The summed E-state index contributed by atoms with van der Waals surface area (Å²) in [5.41, 5.74) is 1.11. The van der Waals surface area contributed by atoms with E-state index < -0.39 is 0 Å². The van der Waals surface area contributed by atoms with Gasteiger partial charge in [-0.3, -0.25) is 4.79 Å². The number of rotatable bonds is 2. The number of carbonyl (C=O) groups is 2. The third-order valence-corrected chi connectivity index (χ3v) is 9.65. The highest BCUT2D eigenvalue weighted by Crippen LogP contribution is 2.66. The maximum absolute atomic E-state index is 12.7. The fourth-order valence-electron chi connectivity index (χ4n) is 7.96. The van der Waals surface area contributed by atoms with Crippen LogP contribution < -0.4 is 0 Å². The van der Waals surface area contributed by atoms with Gasteiger partial charge >= 0.3 is 5.97 Å². The Hall–Kier alpha value is -1.64. The minimum absolute atomic E-state index is 0.0413. The van der Waals surface area contributed by atoms with E-state index in [1.54, 1.807) is 0 Å². The van der Waals surface area contributed by atoms with Crippen LogP contribution in [0.1, 0.15) is 82.0 Å². The summed E-state index contributed by atoms with van der Waals surface area (Å²) in [7, 11) is 0. The molecule has 4 aliphatic rings. The van der Waals surface area contributed by atoms with Crippen molar-refractivity contribution in [3.63, 3.8) is 0 Å². The van der Waals surface area contributed by atoms with Crippen LogP contribution >= 0.6 is 0 Å². The smallest absolute Gasteiger partial charge is 0.338 e. The van der Waals surface area contributed by atoms with Crippen LogP contribution in [0.3, 0.4) is 0 Å². The number of Topliss-reactive ketones (excluding diaryl/α,β-unsaturated/α-hetero) is 1. The molecule has 7 atom stereocenters. The van der Waals surface area contributed by atoms with Crippen LogP contribution in [0.2, 0.25) is 0 Å². The van der Waals surface area contributed by atoms with Crippen LogP contribution in [0, 0.1) is 34.5 Å². The molecule has 0 amide bonds. The highest BCUT2D eigenvalue weighted by Gasteiger charge is 2.61. The summed E-state index contributed by atoms with van der Waals surface area (Å²) < 4.78 is 6.11. The molecule has 0 unspecified atom stereocenters. The zero-order valence-electron chi connectivity index (χ0n) is 17.9. The minimum atomic E-state index is -0.166. The molecule has 156 valence electrons. The van der Waals surface area contributed by atoms with E-state index in [0.29, 0.717) is 28.6 Å². The Morgan fingerprint density at radius 3 is 2.48 bits per heavy atom.